The van der Waals surface area contributed by atoms with E-state index in [1.807, 2.05) is 12.1 Å². The fourth-order valence-electron chi connectivity index (χ4n) is 2.01. The Hall–Kier alpha value is -1.22. The summed E-state index contributed by atoms with van der Waals surface area (Å²) in [6.07, 6.45) is 2.81. The third kappa shape index (κ3) is 3.13. The minimum atomic E-state index is 0.241. The highest BCUT2D eigenvalue weighted by molar-refractivity contribution is 5.43. The first kappa shape index (κ1) is 12.2. The van der Waals surface area contributed by atoms with E-state index in [1.54, 1.807) is 0 Å². The van der Waals surface area contributed by atoms with Gasteiger partial charge in [-0.25, -0.2) is 0 Å². The summed E-state index contributed by atoms with van der Waals surface area (Å²) in [5, 5.41) is 9.21. The molecule has 94 valence electrons. The van der Waals surface area contributed by atoms with Gasteiger partial charge in [0.25, 0.3) is 0 Å². The molecule has 1 atom stereocenters. The van der Waals surface area contributed by atoms with Crippen LogP contribution in [-0.2, 0) is 6.42 Å². The van der Waals surface area contributed by atoms with Gasteiger partial charge in [0.2, 0.25) is 0 Å². The standard InChI is InChI=1S/C14H20O3/c1-2-11(10-15)8-12-4-5-13-14(9-12)17-7-3-6-16-13/h4-5,9,11,15H,2-3,6-8,10H2,1H3. The molecule has 0 saturated heterocycles. The second kappa shape index (κ2) is 5.92. The molecule has 0 spiro atoms. The van der Waals surface area contributed by atoms with Crippen molar-refractivity contribution in [1.82, 2.24) is 0 Å². The zero-order valence-electron chi connectivity index (χ0n) is 10.3. The Bertz CT molecular complexity index is 358. The fraction of sp³-hybridized carbons (Fsp3) is 0.571. The van der Waals surface area contributed by atoms with Crippen molar-refractivity contribution in [3.8, 4) is 11.5 Å². The minimum Gasteiger partial charge on any atom is -0.490 e. The average molecular weight is 236 g/mol. The SMILES string of the molecule is CCC(CO)Cc1ccc2c(c1)OCCCO2. The van der Waals surface area contributed by atoms with Gasteiger partial charge in [-0.05, 0) is 30.0 Å². The van der Waals surface area contributed by atoms with Gasteiger partial charge in [0.1, 0.15) is 0 Å². The lowest BCUT2D eigenvalue weighted by Gasteiger charge is -2.13. The molecule has 1 aliphatic rings. The molecule has 1 aromatic rings. The Morgan fingerprint density at radius 3 is 2.71 bits per heavy atom. The fourth-order valence-corrected chi connectivity index (χ4v) is 2.01. The van der Waals surface area contributed by atoms with Crippen LogP contribution in [0.15, 0.2) is 18.2 Å². The summed E-state index contributed by atoms with van der Waals surface area (Å²) < 4.78 is 11.2. The second-order valence-corrected chi connectivity index (χ2v) is 4.49. The highest BCUT2D eigenvalue weighted by atomic mass is 16.5. The Kier molecular flexibility index (Phi) is 4.26. The van der Waals surface area contributed by atoms with Crippen LogP contribution < -0.4 is 9.47 Å². The maximum absolute atomic E-state index is 9.21. The Morgan fingerprint density at radius 1 is 1.24 bits per heavy atom. The van der Waals surface area contributed by atoms with E-state index in [9.17, 15) is 5.11 Å². The molecule has 0 amide bonds. The third-order valence-electron chi connectivity index (χ3n) is 3.17. The molecule has 1 N–H and O–H groups in total. The number of benzene rings is 1. The second-order valence-electron chi connectivity index (χ2n) is 4.49. The van der Waals surface area contributed by atoms with E-state index in [4.69, 9.17) is 9.47 Å². The van der Waals surface area contributed by atoms with Gasteiger partial charge in [0.05, 0.1) is 13.2 Å². The van der Waals surface area contributed by atoms with Crippen LogP contribution in [0.2, 0.25) is 0 Å². The normalized spacial score (nSPS) is 16.4. The van der Waals surface area contributed by atoms with Crippen LogP contribution in [0.4, 0.5) is 0 Å². The summed E-state index contributed by atoms with van der Waals surface area (Å²) in [7, 11) is 0. The number of fused-ring (bicyclic) bond motifs is 1. The van der Waals surface area contributed by atoms with E-state index in [0.717, 1.165) is 37.4 Å². The predicted octanol–water partition coefficient (Wildman–Crippen LogP) is 2.41. The third-order valence-corrected chi connectivity index (χ3v) is 3.17. The highest BCUT2D eigenvalue weighted by Gasteiger charge is 2.12. The van der Waals surface area contributed by atoms with Crippen molar-refractivity contribution in [3.63, 3.8) is 0 Å². The Balaban J connectivity index is 2.12. The molecule has 3 nitrogen and oxygen atoms in total. The van der Waals surface area contributed by atoms with Gasteiger partial charge in [0, 0.05) is 13.0 Å². The molecule has 1 unspecified atom stereocenters. The van der Waals surface area contributed by atoms with E-state index in [-0.39, 0.29) is 6.61 Å². The number of rotatable bonds is 4. The van der Waals surface area contributed by atoms with Crippen LogP contribution in [-0.4, -0.2) is 24.9 Å². The Labute approximate surface area is 102 Å². The van der Waals surface area contributed by atoms with Gasteiger partial charge >= 0.3 is 0 Å². The molecule has 3 heteroatoms. The lowest BCUT2D eigenvalue weighted by molar-refractivity contribution is 0.222. The van der Waals surface area contributed by atoms with Crippen LogP contribution in [0.5, 0.6) is 11.5 Å². The largest absolute Gasteiger partial charge is 0.490 e. The first-order valence-electron chi connectivity index (χ1n) is 6.33. The summed E-state index contributed by atoms with van der Waals surface area (Å²) in [6, 6.07) is 6.07. The molecule has 0 fully saturated rings. The first-order chi connectivity index (χ1) is 8.33. The van der Waals surface area contributed by atoms with Crippen molar-refractivity contribution >= 4 is 0 Å². The molecule has 1 heterocycles. The van der Waals surface area contributed by atoms with Crippen molar-refractivity contribution in [2.24, 2.45) is 5.92 Å². The number of hydrogen-bond donors (Lipinski definition) is 1. The molecule has 0 radical (unpaired) electrons. The molecule has 0 aliphatic carbocycles. The van der Waals surface area contributed by atoms with Crippen molar-refractivity contribution < 1.29 is 14.6 Å². The van der Waals surface area contributed by atoms with Gasteiger partial charge in [-0.3, -0.25) is 0 Å². The van der Waals surface area contributed by atoms with E-state index in [2.05, 4.69) is 13.0 Å². The summed E-state index contributed by atoms with van der Waals surface area (Å²) in [5.41, 5.74) is 1.20. The molecule has 2 rings (SSSR count). The average Bonchev–Trinajstić information content (AvgIpc) is 2.60. The zero-order chi connectivity index (χ0) is 12.1. The van der Waals surface area contributed by atoms with Crippen molar-refractivity contribution in [3.05, 3.63) is 23.8 Å². The van der Waals surface area contributed by atoms with E-state index in [0.29, 0.717) is 12.5 Å². The molecule has 1 aromatic carbocycles. The molecular formula is C14H20O3. The van der Waals surface area contributed by atoms with E-state index >= 15 is 0 Å². The van der Waals surface area contributed by atoms with E-state index < -0.39 is 0 Å². The first-order valence-corrected chi connectivity index (χ1v) is 6.33. The van der Waals surface area contributed by atoms with Gasteiger partial charge < -0.3 is 14.6 Å². The zero-order valence-corrected chi connectivity index (χ0v) is 10.3. The smallest absolute Gasteiger partial charge is 0.161 e. The van der Waals surface area contributed by atoms with Crippen LogP contribution in [0, 0.1) is 5.92 Å². The predicted molar refractivity (Wildman–Crippen MR) is 66.6 cm³/mol. The van der Waals surface area contributed by atoms with Gasteiger partial charge in [0.15, 0.2) is 11.5 Å². The Morgan fingerprint density at radius 2 is 2.00 bits per heavy atom. The van der Waals surface area contributed by atoms with Crippen molar-refractivity contribution in [2.45, 2.75) is 26.2 Å². The maximum atomic E-state index is 9.21. The van der Waals surface area contributed by atoms with Crippen LogP contribution in [0.25, 0.3) is 0 Å². The number of ether oxygens (including phenoxy) is 2. The van der Waals surface area contributed by atoms with Gasteiger partial charge in [-0.1, -0.05) is 19.4 Å². The van der Waals surface area contributed by atoms with Crippen LogP contribution >= 0.6 is 0 Å². The summed E-state index contributed by atoms with van der Waals surface area (Å²) in [4.78, 5) is 0. The molecular weight excluding hydrogens is 216 g/mol. The topological polar surface area (TPSA) is 38.7 Å². The summed E-state index contributed by atoms with van der Waals surface area (Å²) in [5.74, 6) is 2.01. The highest BCUT2D eigenvalue weighted by Crippen LogP contribution is 2.31. The number of hydrogen-bond acceptors (Lipinski definition) is 3. The number of aliphatic hydroxyl groups excluding tert-OH is 1. The lowest BCUT2D eigenvalue weighted by Crippen LogP contribution is -2.08. The quantitative estimate of drug-likeness (QED) is 0.872. The minimum absolute atomic E-state index is 0.241. The van der Waals surface area contributed by atoms with Crippen molar-refractivity contribution in [1.29, 1.82) is 0 Å². The monoisotopic (exact) mass is 236 g/mol. The summed E-state index contributed by atoms with van der Waals surface area (Å²) >= 11 is 0. The van der Waals surface area contributed by atoms with Gasteiger partial charge in [-0.15, -0.1) is 0 Å². The van der Waals surface area contributed by atoms with Gasteiger partial charge in [-0.2, -0.15) is 0 Å². The van der Waals surface area contributed by atoms with Crippen LogP contribution in [0.1, 0.15) is 25.3 Å². The molecule has 0 aromatic heterocycles. The molecule has 0 bridgehead atoms. The summed E-state index contributed by atoms with van der Waals surface area (Å²) in [6.45, 7) is 3.78. The van der Waals surface area contributed by atoms with Crippen molar-refractivity contribution in [2.75, 3.05) is 19.8 Å². The lowest BCUT2D eigenvalue weighted by atomic mass is 9.97. The molecule has 1 aliphatic heterocycles. The molecule has 0 saturated carbocycles. The molecule has 17 heavy (non-hydrogen) atoms. The number of aliphatic hydroxyl groups is 1. The maximum Gasteiger partial charge on any atom is 0.161 e. The van der Waals surface area contributed by atoms with E-state index in [1.165, 1.54) is 5.56 Å². The van der Waals surface area contributed by atoms with Crippen LogP contribution in [0.3, 0.4) is 0 Å².